The van der Waals surface area contributed by atoms with Gasteiger partial charge in [0.15, 0.2) is 0 Å². The van der Waals surface area contributed by atoms with Crippen LogP contribution < -0.4 is 5.32 Å². The van der Waals surface area contributed by atoms with Crippen molar-refractivity contribution in [1.82, 2.24) is 18.5 Å². The quantitative estimate of drug-likeness (QED) is 0.711. The fraction of sp³-hybridized carbons (Fsp3) is 0.316. The van der Waals surface area contributed by atoms with Crippen molar-refractivity contribution < 1.29 is 4.79 Å². The van der Waals surface area contributed by atoms with E-state index >= 15 is 0 Å². The zero-order valence-corrected chi connectivity index (χ0v) is 16.3. The molecule has 0 atom stereocenters. The van der Waals surface area contributed by atoms with Gasteiger partial charge in [-0.2, -0.15) is 8.75 Å². The molecule has 3 aromatic rings. The summed E-state index contributed by atoms with van der Waals surface area (Å²) >= 11 is 7.23. The molecular weight excluding hydrogens is 382 g/mol. The normalized spacial score (nSPS) is 15.9. The fourth-order valence-corrected chi connectivity index (χ4v) is 3.99. The summed E-state index contributed by atoms with van der Waals surface area (Å²) in [6, 6.07) is 13.6. The monoisotopic (exact) mass is 401 g/mol. The molecule has 0 bridgehead atoms. The molecule has 4 rings (SSSR count). The number of rotatable bonds is 5. The molecule has 1 amide bonds. The Morgan fingerprint density at radius 1 is 1.04 bits per heavy atom. The Morgan fingerprint density at radius 2 is 1.81 bits per heavy atom. The first-order valence-corrected chi connectivity index (χ1v) is 9.98. The highest BCUT2D eigenvalue weighted by atomic mass is 35.5. The number of carbonyl (C=O) groups excluding carboxylic acids is 1. The summed E-state index contributed by atoms with van der Waals surface area (Å²) in [5, 5.41) is 3.73. The largest absolute Gasteiger partial charge is 0.325 e. The number of carbonyl (C=O) groups is 1. The van der Waals surface area contributed by atoms with Gasteiger partial charge in [0.2, 0.25) is 5.91 Å². The van der Waals surface area contributed by atoms with Gasteiger partial charge in [0.25, 0.3) is 0 Å². The summed E-state index contributed by atoms with van der Waals surface area (Å²) in [5.41, 5.74) is 3.65. The molecule has 1 aromatic heterocycles. The second-order valence-electron chi connectivity index (χ2n) is 6.70. The van der Waals surface area contributed by atoms with E-state index in [0.717, 1.165) is 54.5 Å². The van der Waals surface area contributed by atoms with Crippen LogP contribution in [0, 0.1) is 0 Å². The van der Waals surface area contributed by atoms with Gasteiger partial charge in [0.05, 0.1) is 18.3 Å². The predicted octanol–water partition coefficient (Wildman–Crippen LogP) is 3.10. The van der Waals surface area contributed by atoms with Crippen LogP contribution in [-0.2, 0) is 11.3 Å². The Kier molecular flexibility index (Phi) is 5.63. The van der Waals surface area contributed by atoms with E-state index in [4.69, 9.17) is 11.6 Å². The fourth-order valence-electron chi connectivity index (χ4n) is 3.26. The Bertz CT molecular complexity index is 939. The van der Waals surface area contributed by atoms with Gasteiger partial charge >= 0.3 is 0 Å². The number of hydrogen-bond acceptors (Lipinski definition) is 6. The second-order valence-corrected chi connectivity index (χ2v) is 7.66. The number of nitrogens with one attached hydrogen (secondary N) is 1. The molecule has 0 radical (unpaired) electrons. The molecule has 1 fully saturated rings. The minimum Gasteiger partial charge on any atom is -0.325 e. The molecule has 8 heteroatoms. The average Bonchev–Trinajstić information content (AvgIpc) is 3.11. The van der Waals surface area contributed by atoms with E-state index in [1.54, 1.807) is 0 Å². The van der Waals surface area contributed by atoms with Gasteiger partial charge < -0.3 is 5.32 Å². The van der Waals surface area contributed by atoms with E-state index in [1.807, 2.05) is 36.4 Å². The van der Waals surface area contributed by atoms with Crippen molar-refractivity contribution in [1.29, 1.82) is 0 Å². The molecule has 0 aliphatic carbocycles. The maximum Gasteiger partial charge on any atom is 0.238 e. The van der Waals surface area contributed by atoms with Crippen molar-refractivity contribution in [3.63, 3.8) is 0 Å². The standard InChI is InChI=1S/C19H20ClN5OS/c20-15-3-1-2-14(10-15)12-24-6-8-25(9-7-24)13-19(26)21-16-4-5-17-18(11-16)23-27-22-17/h1-5,10-11H,6-9,12-13H2,(H,21,26). The minimum absolute atomic E-state index is 0.000768. The highest BCUT2D eigenvalue weighted by Gasteiger charge is 2.19. The van der Waals surface area contributed by atoms with Gasteiger partial charge in [-0.3, -0.25) is 14.6 Å². The zero-order chi connectivity index (χ0) is 18.6. The van der Waals surface area contributed by atoms with E-state index in [9.17, 15) is 4.79 Å². The number of piperazine rings is 1. The molecular formula is C19H20ClN5OS. The van der Waals surface area contributed by atoms with E-state index in [0.29, 0.717) is 6.54 Å². The first-order valence-electron chi connectivity index (χ1n) is 8.87. The predicted molar refractivity (Wildman–Crippen MR) is 109 cm³/mol. The molecule has 6 nitrogen and oxygen atoms in total. The molecule has 2 heterocycles. The molecule has 1 saturated heterocycles. The number of benzene rings is 2. The van der Waals surface area contributed by atoms with Crippen LogP contribution in [0.2, 0.25) is 5.02 Å². The molecule has 0 unspecified atom stereocenters. The van der Waals surface area contributed by atoms with Gasteiger partial charge in [-0.15, -0.1) is 0 Å². The van der Waals surface area contributed by atoms with E-state index in [2.05, 4.69) is 29.9 Å². The van der Waals surface area contributed by atoms with Crippen LogP contribution >= 0.6 is 23.3 Å². The van der Waals surface area contributed by atoms with Crippen LogP contribution in [0.1, 0.15) is 5.56 Å². The van der Waals surface area contributed by atoms with E-state index < -0.39 is 0 Å². The number of fused-ring (bicyclic) bond motifs is 1. The third-order valence-corrected chi connectivity index (χ3v) is 5.46. The summed E-state index contributed by atoms with van der Waals surface area (Å²) in [6.07, 6.45) is 0. The summed E-state index contributed by atoms with van der Waals surface area (Å²) in [5.74, 6) is 0.000768. The van der Waals surface area contributed by atoms with Crippen LogP contribution in [0.5, 0.6) is 0 Å². The summed E-state index contributed by atoms with van der Waals surface area (Å²) in [4.78, 5) is 16.9. The number of amides is 1. The smallest absolute Gasteiger partial charge is 0.238 e. The molecule has 140 valence electrons. The Hall–Kier alpha value is -2.06. The van der Waals surface area contributed by atoms with Gasteiger partial charge in [0.1, 0.15) is 11.0 Å². The Morgan fingerprint density at radius 3 is 2.63 bits per heavy atom. The van der Waals surface area contributed by atoms with Crippen molar-refractivity contribution in [3.8, 4) is 0 Å². The van der Waals surface area contributed by atoms with Gasteiger partial charge in [-0.25, -0.2) is 0 Å². The lowest BCUT2D eigenvalue weighted by Crippen LogP contribution is -2.48. The topological polar surface area (TPSA) is 61.4 Å². The SMILES string of the molecule is O=C(CN1CCN(Cc2cccc(Cl)c2)CC1)Nc1ccc2nsnc2c1. The second kappa shape index (κ2) is 8.31. The van der Waals surface area contributed by atoms with Crippen molar-refractivity contribution in [3.05, 3.63) is 53.1 Å². The molecule has 27 heavy (non-hydrogen) atoms. The number of aromatic nitrogens is 2. The third-order valence-electron chi connectivity index (χ3n) is 4.66. The maximum absolute atomic E-state index is 12.4. The molecule has 1 aliphatic rings. The first kappa shape index (κ1) is 18.3. The number of halogens is 1. The molecule has 1 N–H and O–H groups in total. The van der Waals surface area contributed by atoms with Crippen LogP contribution in [0.25, 0.3) is 11.0 Å². The zero-order valence-electron chi connectivity index (χ0n) is 14.8. The maximum atomic E-state index is 12.4. The summed E-state index contributed by atoms with van der Waals surface area (Å²) in [7, 11) is 0. The highest BCUT2D eigenvalue weighted by molar-refractivity contribution is 7.00. The van der Waals surface area contributed by atoms with Crippen LogP contribution in [0.15, 0.2) is 42.5 Å². The molecule has 2 aromatic carbocycles. The van der Waals surface area contributed by atoms with Gasteiger partial charge in [-0.1, -0.05) is 23.7 Å². The highest BCUT2D eigenvalue weighted by Crippen LogP contribution is 2.17. The van der Waals surface area contributed by atoms with Crippen LogP contribution in [-0.4, -0.2) is 57.2 Å². The number of anilines is 1. The van der Waals surface area contributed by atoms with Crippen molar-refractivity contribution in [2.45, 2.75) is 6.54 Å². The van der Waals surface area contributed by atoms with Crippen LogP contribution in [0.3, 0.4) is 0 Å². The summed E-state index contributed by atoms with van der Waals surface area (Å²) in [6.45, 7) is 4.93. The molecule has 0 spiro atoms. The number of hydrogen-bond donors (Lipinski definition) is 1. The van der Waals surface area contributed by atoms with Crippen molar-refractivity contribution >= 4 is 46.0 Å². The first-order chi connectivity index (χ1) is 13.2. The minimum atomic E-state index is 0.000768. The van der Waals surface area contributed by atoms with E-state index in [-0.39, 0.29) is 5.91 Å². The third kappa shape index (κ3) is 4.81. The Labute approximate surface area is 167 Å². The lowest BCUT2D eigenvalue weighted by Gasteiger charge is -2.34. The molecule has 1 aliphatic heterocycles. The van der Waals surface area contributed by atoms with Gasteiger partial charge in [-0.05, 0) is 35.9 Å². The van der Waals surface area contributed by atoms with Crippen molar-refractivity contribution in [2.75, 3.05) is 38.0 Å². The Balaban J connectivity index is 1.25. The molecule has 0 saturated carbocycles. The lowest BCUT2D eigenvalue weighted by atomic mass is 10.2. The summed E-state index contributed by atoms with van der Waals surface area (Å²) < 4.78 is 8.38. The van der Waals surface area contributed by atoms with E-state index in [1.165, 1.54) is 17.3 Å². The lowest BCUT2D eigenvalue weighted by molar-refractivity contribution is -0.117. The average molecular weight is 402 g/mol. The van der Waals surface area contributed by atoms with Crippen LogP contribution in [0.4, 0.5) is 5.69 Å². The number of nitrogens with zero attached hydrogens (tertiary/aromatic N) is 4. The van der Waals surface area contributed by atoms with Gasteiger partial charge in [0, 0.05) is 43.4 Å². The van der Waals surface area contributed by atoms with Crippen molar-refractivity contribution in [2.24, 2.45) is 0 Å².